The Morgan fingerprint density at radius 1 is 1.04 bits per heavy atom. The number of likely N-dealkylation sites (N-methyl/N-ethyl adjacent to an activating group) is 1. The third kappa shape index (κ3) is 7.34. The van der Waals surface area contributed by atoms with Gasteiger partial charge in [-0.05, 0) is 41.0 Å². The fraction of sp³-hybridized carbons (Fsp3) is 0.323. The zero-order chi connectivity index (χ0) is 32.2. The first-order valence-electron chi connectivity index (χ1n) is 14.3. The molecule has 2 fully saturated rings. The van der Waals surface area contributed by atoms with Crippen molar-refractivity contribution in [2.75, 3.05) is 39.1 Å². The lowest BCUT2D eigenvalue weighted by atomic mass is 9.98. The molecule has 12 nitrogen and oxygen atoms in total. The molecule has 238 valence electrons. The van der Waals surface area contributed by atoms with Crippen LogP contribution in [0.25, 0.3) is 0 Å². The standard InChI is InChI=1S/C31H36FN6O6P/c1-34(2)26-16-24(32)12-11-23(26)18-36-19-28-37(27(30(36)40)15-21-9-13-25(14-10-21)44-45(42)43)29(39)20-35(3)38(28)31(41)33-17-22-7-5-4-6-8-22/h4-14,16,27-28,42-43H,15,17-20H2,1-3H3,(H,33,41)/t27-,28-/m0/s1. The van der Waals surface area contributed by atoms with Crippen molar-refractivity contribution in [3.8, 4) is 5.75 Å². The average Bonchev–Trinajstić information content (AvgIpc) is 3.00. The van der Waals surface area contributed by atoms with Gasteiger partial charge >= 0.3 is 14.6 Å². The van der Waals surface area contributed by atoms with Gasteiger partial charge < -0.3 is 34.3 Å². The number of hydrogen-bond acceptors (Lipinski definition) is 8. The lowest BCUT2D eigenvalue weighted by Gasteiger charge is -2.54. The number of anilines is 1. The summed E-state index contributed by atoms with van der Waals surface area (Å²) in [6, 6.07) is 18.9. The predicted octanol–water partition coefficient (Wildman–Crippen LogP) is 2.66. The third-order valence-corrected chi connectivity index (χ3v) is 8.24. The van der Waals surface area contributed by atoms with E-state index < -0.39 is 32.7 Å². The molecule has 0 unspecified atom stereocenters. The third-order valence-electron chi connectivity index (χ3n) is 7.86. The molecular weight excluding hydrogens is 602 g/mol. The Bertz CT molecular complexity index is 1530. The van der Waals surface area contributed by atoms with Crippen molar-refractivity contribution in [1.82, 2.24) is 25.1 Å². The van der Waals surface area contributed by atoms with Crippen molar-refractivity contribution in [2.24, 2.45) is 0 Å². The number of benzene rings is 3. The summed E-state index contributed by atoms with van der Waals surface area (Å²) in [5.74, 6) is -0.764. The summed E-state index contributed by atoms with van der Waals surface area (Å²) in [5.41, 5.74) is 2.93. The molecular formula is C31H36FN6O6P. The summed E-state index contributed by atoms with van der Waals surface area (Å²) < 4.78 is 19.1. The van der Waals surface area contributed by atoms with Crippen LogP contribution in [0.15, 0.2) is 72.8 Å². The Kier molecular flexibility index (Phi) is 9.83. The quantitative estimate of drug-likeness (QED) is 0.306. The lowest BCUT2D eigenvalue weighted by Crippen LogP contribution is -2.76. The Hall–Kier alpha value is -4.29. The maximum Gasteiger partial charge on any atom is 0.391 e. The molecule has 45 heavy (non-hydrogen) atoms. The molecule has 0 radical (unpaired) electrons. The number of nitrogens with one attached hydrogen (secondary N) is 1. The number of amides is 4. The molecule has 2 saturated heterocycles. The van der Waals surface area contributed by atoms with E-state index in [4.69, 9.17) is 4.52 Å². The maximum atomic E-state index is 14.2. The number of urea groups is 1. The predicted molar refractivity (Wildman–Crippen MR) is 166 cm³/mol. The first kappa shape index (κ1) is 32.1. The van der Waals surface area contributed by atoms with Gasteiger partial charge in [0.05, 0.1) is 13.1 Å². The molecule has 3 aromatic rings. The van der Waals surface area contributed by atoms with Gasteiger partial charge in [0.1, 0.15) is 23.8 Å². The molecule has 3 N–H and O–H groups in total. The van der Waals surface area contributed by atoms with Gasteiger partial charge in [-0.25, -0.2) is 19.2 Å². The number of hydrogen-bond donors (Lipinski definition) is 3. The van der Waals surface area contributed by atoms with Gasteiger partial charge in [0.25, 0.3) is 0 Å². The van der Waals surface area contributed by atoms with E-state index in [-0.39, 0.29) is 50.2 Å². The van der Waals surface area contributed by atoms with Crippen molar-refractivity contribution < 1.29 is 33.1 Å². The number of piperazine rings is 1. The van der Waals surface area contributed by atoms with Gasteiger partial charge in [0.15, 0.2) is 0 Å². The van der Waals surface area contributed by atoms with Gasteiger partial charge in [-0.3, -0.25) is 9.59 Å². The second kappa shape index (κ2) is 13.8. The molecule has 2 aliphatic rings. The largest absolute Gasteiger partial charge is 0.427 e. The van der Waals surface area contributed by atoms with E-state index >= 15 is 0 Å². The molecule has 14 heteroatoms. The van der Waals surface area contributed by atoms with E-state index in [2.05, 4.69) is 5.32 Å². The maximum absolute atomic E-state index is 14.2. The summed E-state index contributed by atoms with van der Waals surface area (Å²) in [7, 11) is 2.65. The molecule has 4 amide bonds. The molecule has 0 spiro atoms. The van der Waals surface area contributed by atoms with Gasteiger partial charge in [-0.1, -0.05) is 48.5 Å². The van der Waals surface area contributed by atoms with Crippen molar-refractivity contribution in [1.29, 1.82) is 0 Å². The van der Waals surface area contributed by atoms with E-state index in [0.29, 0.717) is 16.8 Å². The normalized spacial score (nSPS) is 18.7. The monoisotopic (exact) mass is 638 g/mol. The highest BCUT2D eigenvalue weighted by Gasteiger charge is 2.50. The minimum Gasteiger partial charge on any atom is -0.427 e. The fourth-order valence-electron chi connectivity index (χ4n) is 5.80. The van der Waals surface area contributed by atoms with Gasteiger partial charge in [-0.15, -0.1) is 0 Å². The van der Waals surface area contributed by atoms with Crippen LogP contribution in [-0.2, 0) is 29.1 Å². The number of carbonyl (C=O) groups excluding carboxylic acids is 3. The van der Waals surface area contributed by atoms with Crippen LogP contribution in [0.4, 0.5) is 14.9 Å². The first-order chi connectivity index (χ1) is 21.5. The lowest BCUT2D eigenvalue weighted by molar-refractivity contribution is -0.187. The number of fused-ring (bicyclic) bond motifs is 1. The van der Waals surface area contributed by atoms with Crippen molar-refractivity contribution >= 4 is 32.1 Å². The fourth-order valence-corrected chi connectivity index (χ4v) is 6.11. The van der Waals surface area contributed by atoms with Crippen molar-refractivity contribution in [3.05, 3.63) is 95.3 Å². The van der Waals surface area contributed by atoms with E-state index in [1.807, 2.05) is 30.3 Å². The topological polar surface area (TPSA) is 129 Å². The van der Waals surface area contributed by atoms with Crippen LogP contribution in [0.3, 0.4) is 0 Å². The Labute approximate surface area is 262 Å². The van der Waals surface area contributed by atoms with Crippen LogP contribution in [-0.4, -0.2) is 93.9 Å². The van der Waals surface area contributed by atoms with Crippen molar-refractivity contribution in [3.63, 3.8) is 0 Å². The van der Waals surface area contributed by atoms with E-state index in [1.165, 1.54) is 22.0 Å². The molecule has 2 heterocycles. The number of halogens is 1. The van der Waals surface area contributed by atoms with Gasteiger partial charge in [0, 0.05) is 46.3 Å². The van der Waals surface area contributed by atoms with E-state index in [1.54, 1.807) is 66.3 Å². The summed E-state index contributed by atoms with van der Waals surface area (Å²) in [5, 5.41) is 5.99. The smallest absolute Gasteiger partial charge is 0.391 e. The molecule has 2 atom stereocenters. The minimum absolute atomic E-state index is 0.0394. The van der Waals surface area contributed by atoms with Crippen LogP contribution in [0.1, 0.15) is 16.7 Å². The zero-order valence-corrected chi connectivity index (χ0v) is 26.1. The number of nitrogens with zero attached hydrogens (tertiary/aromatic N) is 5. The molecule has 3 aromatic carbocycles. The molecule has 0 aliphatic carbocycles. The molecule has 2 aliphatic heterocycles. The van der Waals surface area contributed by atoms with Crippen LogP contribution in [0.5, 0.6) is 5.75 Å². The second-order valence-electron chi connectivity index (χ2n) is 11.2. The van der Waals surface area contributed by atoms with Crippen LogP contribution >= 0.6 is 8.60 Å². The highest BCUT2D eigenvalue weighted by Crippen LogP contribution is 2.32. The number of carbonyl (C=O) groups is 3. The zero-order valence-electron chi connectivity index (χ0n) is 25.2. The summed E-state index contributed by atoms with van der Waals surface area (Å²) in [6.07, 6.45) is -0.675. The second-order valence-corrected chi connectivity index (χ2v) is 11.9. The highest BCUT2D eigenvalue weighted by atomic mass is 31.2. The molecule has 0 aromatic heterocycles. The average molecular weight is 639 g/mol. The van der Waals surface area contributed by atoms with Crippen LogP contribution < -0.4 is 14.7 Å². The minimum atomic E-state index is -2.59. The van der Waals surface area contributed by atoms with Gasteiger partial charge in [0.2, 0.25) is 11.8 Å². The molecule has 5 rings (SSSR count). The SMILES string of the molecule is CN(C)c1cc(F)ccc1CN1C[C@H]2N(C(=O)CN(C)N2C(=O)NCc2ccccc2)[C@@H](Cc2ccc(OP(O)O)cc2)C1=O. The highest BCUT2D eigenvalue weighted by molar-refractivity contribution is 7.39. The van der Waals surface area contributed by atoms with Crippen molar-refractivity contribution in [2.45, 2.75) is 31.7 Å². The number of rotatable bonds is 9. The Balaban J connectivity index is 1.48. The van der Waals surface area contributed by atoms with Gasteiger partial charge in [-0.2, -0.15) is 0 Å². The summed E-state index contributed by atoms with van der Waals surface area (Å²) in [4.78, 5) is 64.7. The molecule has 0 bridgehead atoms. The van der Waals surface area contributed by atoms with Crippen LogP contribution in [0.2, 0.25) is 0 Å². The molecule has 0 saturated carbocycles. The Morgan fingerprint density at radius 2 is 1.76 bits per heavy atom. The number of hydrazine groups is 1. The van der Waals surface area contributed by atoms with E-state index in [9.17, 15) is 28.6 Å². The first-order valence-corrected chi connectivity index (χ1v) is 15.5. The Morgan fingerprint density at radius 3 is 2.42 bits per heavy atom. The summed E-state index contributed by atoms with van der Waals surface area (Å²) >= 11 is 0. The van der Waals surface area contributed by atoms with E-state index in [0.717, 1.165) is 5.56 Å². The van der Waals surface area contributed by atoms with Crippen LogP contribution in [0, 0.1) is 5.82 Å². The summed E-state index contributed by atoms with van der Waals surface area (Å²) in [6.45, 7) is 0.341.